The first kappa shape index (κ1) is 13.9. The first-order chi connectivity index (χ1) is 10.1. The van der Waals surface area contributed by atoms with Crippen molar-refractivity contribution in [3.8, 4) is 5.75 Å². The fourth-order valence-corrected chi connectivity index (χ4v) is 2.69. The predicted molar refractivity (Wildman–Crippen MR) is 76.0 cm³/mol. The summed E-state index contributed by atoms with van der Waals surface area (Å²) in [6.45, 7) is 0.304. The van der Waals surface area contributed by atoms with Gasteiger partial charge in [0, 0.05) is 0 Å². The maximum Gasteiger partial charge on any atom is 0.326 e. The largest absolute Gasteiger partial charge is 0.492 e. The SMILES string of the molecule is O=C(NC(CC1CC1)C(=O)O)C1COc2ccccc2C1. The minimum Gasteiger partial charge on any atom is -0.492 e. The molecule has 5 nitrogen and oxygen atoms in total. The molecule has 1 aliphatic heterocycles. The Labute approximate surface area is 123 Å². The van der Waals surface area contributed by atoms with Crippen LogP contribution in [0.1, 0.15) is 24.8 Å². The van der Waals surface area contributed by atoms with E-state index in [1.54, 1.807) is 0 Å². The second-order valence-corrected chi connectivity index (χ2v) is 5.90. The van der Waals surface area contributed by atoms with E-state index in [1.165, 1.54) is 0 Å². The van der Waals surface area contributed by atoms with Crippen molar-refractivity contribution in [1.82, 2.24) is 5.32 Å². The smallest absolute Gasteiger partial charge is 0.326 e. The Bertz CT molecular complexity index is 553. The Morgan fingerprint density at radius 3 is 2.81 bits per heavy atom. The standard InChI is InChI=1S/C16H19NO4/c18-15(17-13(16(19)20)7-10-5-6-10)12-8-11-3-1-2-4-14(11)21-9-12/h1-4,10,12-13H,5-9H2,(H,17,18)(H,19,20). The maximum absolute atomic E-state index is 12.3. The highest BCUT2D eigenvalue weighted by molar-refractivity contribution is 5.85. The number of carbonyl (C=O) groups excluding carboxylic acids is 1. The second kappa shape index (κ2) is 5.76. The van der Waals surface area contributed by atoms with Gasteiger partial charge in [0.15, 0.2) is 0 Å². The van der Waals surface area contributed by atoms with Crippen LogP contribution in [0.2, 0.25) is 0 Å². The lowest BCUT2D eigenvalue weighted by atomic mass is 9.95. The lowest BCUT2D eigenvalue weighted by Crippen LogP contribution is -2.46. The van der Waals surface area contributed by atoms with Crippen LogP contribution in [-0.4, -0.2) is 29.6 Å². The number of rotatable bonds is 5. The zero-order chi connectivity index (χ0) is 14.8. The van der Waals surface area contributed by atoms with Crippen LogP contribution in [0.15, 0.2) is 24.3 Å². The van der Waals surface area contributed by atoms with Gasteiger partial charge in [-0.1, -0.05) is 31.0 Å². The van der Waals surface area contributed by atoms with Gasteiger partial charge < -0.3 is 15.2 Å². The number of nitrogens with one attached hydrogen (secondary N) is 1. The number of carboxylic acids is 1. The van der Waals surface area contributed by atoms with E-state index in [0.717, 1.165) is 24.2 Å². The van der Waals surface area contributed by atoms with Gasteiger partial charge in [-0.05, 0) is 30.4 Å². The molecular formula is C16H19NO4. The number of amides is 1. The summed E-state index contributed by atoms with van der Waals surface area (Å²) in [5, 5.41) is 11.9. The van der Waals surface area contributed by atoms with E-state index in [4.69, 9.17) is 4.74 Å². The van der Waals surface area contributed by atoms with Crippen molar-refractivity contribution >= 4 is 11.9 Å². The molecular weight excluding hydrogens is 270 g/mol. The predicted octanol–water partition coefficient (Wildman–Crippen LogP) is 1.61. The van der Waals surface area contributed by atoms with Gasteiger partial charge >= 0.3 is 5.97 Å². The zero-order valence-electron chi connectivity index (χ0n) is 11.7. The topological polar surface area (TPSA) is 75.6 Å². The average molecular weight is 289 g/mol. The van der Waals surface area contributed by atoms with Crippen LogP contribution in [0.25, 0.3) is 0 Å². The number of carboxylic acid groups (broad SMARTS) is 1. The minimum absolute atomic E-state index is 0.224. The third-order valence-electron chi connectivity index (χ3n) is 4.13. The van der Waals surface area contributed by atoms with Crippen molar-refractivity contribution < 1.29 is 19.4 Å². The number of ether oxygens (including phenoxy) is 1. The van der Waals surface area contributed by atoms with E-state index in [0.29, 0.717) is 25.4 Å². The molecule has 5 heteroatoms. The Balaban J connectivity index is 1.61. The summed E-state index contributed by atoms with van der Waals surface area (Å²) in [6.07, 6.45) is 3.27. The van der Waals surface area contributed by atoms with Gasteiger partial charge in [-0.25, -0.2) is 4.79 Å². The Morgan fingerprint density at radius 1 is 1.33 bits per heavy atom. The highest BCUT2D eigenvalue weighted by Gasteiger charge is 2.33. The van der Waals surface area contributed by atoms with Crippen molar-refractivity contribution in [3.05, 3.63) is 29.8 Å². The molecule has 1 saturated carbocycles. The molecule has 1 aromatic carbocycles. The average Bonchev–Trinajstić information content (AvgIpc) is 3.30. The number of hydrogen-bond donors (Lipinski definition) is 2. The molecule has 1 aromatic rings. The molecule has 1 aliphatic carbocycles. The molecule has 2 aliphatic rings. The normalized spacial score (nSPS) is 21.8. The van der Waals surface area contributed by atoms with Gasteiger partial charge in [0.25, 0.3) is 0 Å². The summed E-state index contributed by atoms with van der Waals surface area (Å²) in [6, 6.07) is 6.86. The maximum atomic E-state index is 12.3. The lowest BCUT2D eigenvalue weighted by molar-refractivity contribution is -0.143. The number of para-hydroxylation sites is 1. The third kappa shape index (κ3) is 3.35. The molecule has 1 amide bonds. The van der Waals surface area contributed by atoms with Crippen molar-refractivity contribution in [2.24, 2.45) is 11.8 Å². The molecule has 0 spiro atoms. The minimum atomic E-state index is -0.952. The van der Waals surface area contributed by atoms with Gasteiger partial charge in [0.1, 0.15) is 18.4 Å². The molecule has 1 fully saturated rings. The molecule has 2 atom stereocenters. The summed E-state index contributed by atoms with van der Waals surface area (Å²) >= 11 is 0. The summed E-state index contributed by atoms with van der Waals surface area (Å²) < 4.78 is 5.58. The number of aliphatic carboxylic acids is 1. The molecule has 21 heavy (non-hydrogen) atoms. The summed E-state index contributed by atoms with van der Waals surface area (Å²) in [5.74, 6) is -0.227. The molecule has 0 bridgehead atoms. The summed E-state index contributed by atoms with van der Waals surface area (Å²) in [7, 11) is 0. The highest BCUT2D eigenvalue weighted by atomic mass is 16.5. The van der Waals surface area contributed by atoms with Crippen molar-refractivity contribution in [2.75, 3.05) is 6.61 Å². The van der Waals surface area contributed by atoms with Crippen molar-refractivity contribution in [2.45, 2.75) is 31.7 Å². The quantitative estimate of drug-likeness (QED) is 0.863. The van der Waals surface area contributed by atoms with E-state index >= 15 is 0 Å². The Hall–Kier alpha value is -2.04. The van der Waals surface area contributed by atoms with Crippen LogP contribution in [-0.2, 0) is 16.0 Å². The van der Waals surface area contributed by atoms with Crippen LogP contribution in [0.4, 0.5) is 0 Å². The van der Waals surface area contributed by atoms with Crippen LogP contribution in [0.3, 0.4) is 0 Å². The molecule has 2 N–H and O–H groups in total. The van der Waals surface area contributed by atoms with Crippen molar-refractivity contribution in [1.29, 1.82) is 0 Å². The summed E-state index contributed by atoms with van der Waals surface area (Å²) in [5.41, 5.74) is 0.998. The van der Waals surface area contributed by atoms with Gasteiger partial charge in [-0.2, -0.15) is 0 Å². The van der Waals surface area contributed by atoms with Crippen LogP contribution in [0, 0.1) is 11.8 Å². The van der Waals surface area contributed by atoms with Gasteiger partial charge in [0.05, 0.1) is 5.92 Å². The third-order valence-corrected chi connectivity index (χ3v) is 4.13. The van der Waals surface area contributed by atoms with E-state index in [-0.39, 0.29) is 11.8 Å². The van der Waals surface area contributed by atoms with E-state index < -0.39 is 12.0 Å². The lowest BCUT2D eigenvalue weighted by Gasteiger charge is -2.25. The second-order valence-electron chi connectivity index (χ2n) is 5.90. The van der Waals surface area contributed by atoms with Gasteiger partial charge in [0.2, 0.25) is 5.91 Å². The molecule has 2 unspecified atom stereocenters. The fourth-order valence-electron chi connectivity index (χ4n) is 2.69. The molecule has 112 valence electrons. The molecule has 1 heterocycles. The molecule has 0 aromatic heterocycles. The van der Waals surface area contributed by atoms with Gasteiger partial charge in [-0.15, -0.1) is 0 Å². The van der Waals surface area contributed by atoms with Crippen molar-refractivity contribution in [3.63, 3.8) is 0 Å². The van der Waals surface area contributed by atoms with E-state index in [9.17, 15) is 14.7 Å². The molecule has 0 radical (unpaired) electrons. The number of benzene rings is 1. The highest BCUT2D eigenvalue weighted by Crippen LogP contribution is 2.33. The first-order valence-electron chi connectivity index (χ1n) is 7.37. The number of fused-ring (bicyclic) bond motifs is 1. The van der Waals surface area contributed by atoms with E-state index in [2.05, 4.69) is 5.32 Å². The van der Waals surface area contributed by atoms with Crippen LogP contribution in [0.5, 0.6) is 5.75 Å². The van der Waals surface area contributed by atoms with E-state index in [1.807, 2.05) is 24.3 Å². The fraction of sp³-hybridized carbons (Fsp3) is 0.500. The first-order valence-corrected chi connectivity index (χ1v) is 7.37. The van der Waals surface area contributed by atoms with Crippen LogP contribution >= 0.6 is 0 Å². The number of carbonyl (C=O) groups is 2. The molecule has 3 rings (SSSR count). The molecule has 0 saturated heterocycles. The Morgan fingerprint density at radius 2 is 2.10 bits per heavy atom. The Kier molecular flexibility index (Phi) is 3.82. The van der Waals surface area contributed by atoms with Gasteiger partial charge in [-0.3, -0.25) is 4.79 Å². The number of hydrogen-bond acceptors (Lipinski definition) is 3. The van der Waals surface area contributed by atoms with Crippen LogP contribution < -0.4 is 10.1 Å². The monoisotopic (exact) mass is 289 g/mol. The zero-order valence-corrected chi connectivity index (χ0v) is 11.7. The summed E-state index contributed by atoms with van der Waals surface area (Å²) in [4.78, 5) is 23.5.